The first-order valence-electron chi connectivity index (χ1n) is 5.39. The lowest BCUT2D eigenvalue weighted by atomic mass is 10.2. The number of nitriles is 1. The van der Waals surface area contributed by atoms with E-state index in [-0.39, 0.29) is 6.61 Å². The molecule has 0 saturated carbocycles. The summed E-state index contributed by atoms with van der Waals surface area (Å²) in [5.74, 6) is -0.517. The van der Waals surface area contributed by atoms with E-state index in [1.165, 1.54) is 11.3 Å². The van der Waals surface area contributed by atoms with E-state index in [1.807, 2.05) is 12.1 Å². The van der Waals surface area contributed by atoms with Gasteiger partial charge >= 0.3 is 5.97 Å². The summed E-state index contributed by atoms with van der Waals surface area (Å²) >= 11 is 7.06. The van der Waals surface area contributed by atoms with Crippen LogP contribution < -0.4 is 0 Å². The lowest BCUT2D eigenvalue weighted by Crippen LogP contribution is -2.04. The van der Waals surface area contributed by atoms with Gasteiger partial charge in [-0.15, -0.1) is 11.3 Å². The fraction of sp³-hybridized carbons (Fsp3) is 0.154. The molecule has 0 N–H and O–H groups in total. The van der Waals surface area contributed by atoms with Crippen molar-refractivity contribution in [1.82, 2.24) is 4.98 Å². The molecular weight excluding hydrogens is 284 g/mol. The van der Waals surface area contributed by atoms with E-state index < -0.39 is 5.97 Å². The molecule has 2 aromatic rings. The summed E-state index contributed by atoms with van der Waals surface area (Å²) in [6, 6.07) is 8.97. The van der Waals surface area contributed by atoms with Crippen LogP contribution in [-0.2, 0) is 4.74 Å². The Labute approximate surface area is 119 Å². The average molecular weight is 293 g/mol. The van der Waals surface area contributed by atoms with Crippen LogP contribution >= 0.6 is 22.9 Å². The summed E-state index contributed by atoms with van der Waals surface area (Å²) < 4.78 is 4.78. The third-order valence-electron chi connectivity index (χ3n) is 2.34. The smallest absolute Gasteiger partial charge is 0.351 e. The third-order valence-corrected chi connectivity index (χ3v) is 3.78. The topological polar surface area (TPSA) is 63.0 Å². The molecule has 2 rings (SSSR count). The number of esters is 1. The summed E-state index contributed by atoms with van der Waals surface area (Å²) in [6.45, 7) is 1.48. The number of carbonyl (C=O) groups excluding carboxylic acids is 1. The quantitative estimate of drug-likeness (QED) is 0.813. The summed E-state index contributed by atoms with van der Waals surface area (Å²) in [6.07, 6.45) is 0. The normalized spacial score (nSPS) is 9.95. The number of hydrogen-bond donors (Lipinski definition) is 0. The van der Waals surface area contributed by atoms with Crippen LogP contribution in [0.3, 0.4) is 0 Å². The Kier molecular flexibility index (Phi) is 4.15. The van der Waals surface area contributed by atoms with Gasteiger partial charge in [0.05, 0.1) is 5.69 Å². The summed E-state index contributed by atoms with van der Waals surface area (Å²) in [4.78, 5) is 16.4. The number of ether oxygens (including phenoxy) is 1. The molecule has 1 aromatic carbocycles. The number of thiazole rings is 1. The van der Waals surface area contributed by atoms with E-state index in [0.29, 0.717) is 15.6 Å². The van der Waals surface area contributed by atoms with Crippen LogP contribution in [0.1, 0.15) is 15.4 Å². The highest BCUT2D eigenvalue weighted by Crippen LogP contribution is 2.29. The Balaban J connectivity index is 2.28. The SMILES string of the molecule is Cc1nc(-c2ccc(Cl)cc2)sc1C(=O)OCC#N. The molecular formula is C13H9ClN2O2S. The van der Waals surface area contributed by atoms with Crippen LogP contribution in [0.15, 0.2) is 24.3 Å². The molecule has 0 saturated heterocycles. The zero-order valence-electron chi connectivity index (χ0n) is 10.0. The Bertz CT molecular complexity index is 644. The van der Waals surface area contributed by atoms with Crippen molar-refractivity contribution < 1.29 is 9.53 Å². The van der Waals surface area contributed by atoms with Gasteiger partial charge < -0.3 is 4.74 Å². The molecule has 1 aromatic heterocycles. The van der Waals surface area contributed by atoms with Crippen molar-refractivity contribution >= 4 is 28.9 Å². The highest BCUT2D eigenvalue weighted by Gasteiger charge is 2.17. The van der Waals surface area contributed by atoms with Gasteiger partial charge in [0.15, 0.2) is 6.61 Å². The number of rotatable bonds is 3. The molecule has 0 bridgehead atoms. The molecule has 0 aliphatic carbocycles. The van der Waals surface area contributed by atoms with Gasteiger partial charge in [0.2, 0.25) is 0 Å². The van der Waals surface area contributed by atoms with Crippen LogP contribution in [0.5, 0.6) is 0 Å². The molecule has 0 aliphatic rings. The van der Waals surface area contributed by atoms with E-state index >= 15 is 0 Å². The minimum absolute atomic E-state index is 0.257. The molecule has 19 heavy (non-hydrogen) atoms. The third kappa shape index (κ3) is 3.11. The number of nitrogens with zero attached hydrogens (tertiary/aromatic N) is 2. The first-order chi connectivity index (χ1) is 9.11. The van der Waals surface area contributed by atoms with Gasteiger partial charge in [-0.3, -0.25) is 0 Å². The Morgan fingerprint density at radius 2 is 2.16 bits per heavy atom. The molecule has 6 heteroatoms. The van der Waals surface area contributed by atoms with Gasteiger partial charge in [0, 0.05) is 10.6 Å². The minimum Gasteiger partial charge on any atom is -0.446 e. The maximum absolute atomic E-state index is 11.7. The maximum Gasteiger partial charge on any atom is 0.351 e. The van der Waals surface area contributed by atoms with Gasteiger partial charge in [0.1, 0.15) is 16.0 Å². The average Bonchev–Trinajstić information content (AvgIpc) is 2.79. The van der Waals surface area contributed by atoms with Crippen molar-refractivity contribution in [2.45, 2.75) is 6.92 Å². The van der Waals surface area contributed by atoms with Crippen molar-refractivity contribution in [2.24, 2.45) is 0 Å². The maximum atomic E-state index is 11.7. The molecule has 0 amide bonds. The first-order valence-corrected chi connectivity index (χ1v) is 6.58. The second-order valence-corrected chi connectivity index (χ2v) is 5.11. The summed E-state index contributed by atoms with van der Waals surface area (Å²) in [7, 11) is 0. The van der Waals surface area contributed by atoms with Crippen molar-refractivity contribution in [3.63, 3.8) is 0 Å². The second-order valence-electron chi connectivity index (χ2n) is 3.67. The van der Waals surface area contributed by atoms with Gasteiger partial charge in [-0.1, -0.05) is 23.7 Å². The van der Waals surface area contributed by atoms with Crippen molar-refractivity contribution in [3.8, 4) is 16.6 Å². The lowest BCUT2D eigenvalue weighted by molar-refractivity contribution is 0.0559. The number of halogens is 1. The fourth-order valence-corrected chi connectivity index (χ4v) is 2.56. The first kappa shape index (κ1) is 13.5. The lowest BCUT2D eigenvalue weighted by Gasteiger charge is -1.96. The number of aromatic nitrogens is 1. The fourth-order valence-electron chi connectivity index (χ4n) is 1.47. The van der Waals surface area contributed by atoms with Gasteiger partial charge in [-0.25, -0.2) is 9.78 Å². The molecule has 0 aliphatic heterocycles. The molecule has 0 unspecified atom stereocenters. The van der Waals surface area contributed by atoms with Crippen molar-refractivity contribution in [3.05, 3.63) is 39.9 Å². The molecule has 0 atom stereocenters. The summed E-state index contributed by atoms with van der Waals surface area (Å²) in [5, 5.41) is 9.75. The van der Waals surface area contributed by atoms with Crippen LogP contribution in [-0.4, -0.2) is 17.6 Å². The van der Waals surface area contributed by atoms with Crippen LogP contribution in [0.2, 0.25) is 5.02 Å². The standard InChI is InChI=1S/C13H9ClN2O2S/c1-8-11(13(17)18-7-6-15)19-12(16-8)9-2-4-10(14)5-3-9/h2-5H,7H2,1H3. The number of carbonyl (C=O) groups is 1. The predicted molar refractivity (Wildman–Crippen MR) is 73.2 cm³/mol. The zero-order valence-corrected chi connectivity index (χ0v) is 11.6. The molecule has 0 radical (unpaired) electrons. The predicted octanol–water partition coefficient (Wildman–Crippen LogP) is 3.45. The molecule has 0 spiro atoms. The molecule has 0 fully saturated rings. The monoisotopic (exact) mass is 292 g/mol. The zero-order chi connectivity index (χ0) is 13.8. The number of hydrogen-bond acceptors (Lipinski definition) is 5. The van der Waals surface area contributed by atoms with E-state index in [0.717, 1.165) is 10.6 Å². The second kappa shape index (κ2) is 5.83. The molecule has 1 heterocycles. The van der Waals surface area contributed by atoms with Crippen molar-refractivity contribution in [2.75, 3.05) is 6.61 Å². The highest BCUT2D eigenvalue weighted by atomic mass is 35.5. The van der Waals surface area contributed by atoms with E-state index in [2.05, 4.69) is 4.98 Å². The Morgan fingerprint density at radius 1 is 1.47 bits per heavy atom. The van der Waals surface area contributed by atoms with Crippen LogP contribution in [0.4, 0.5) is 0 Å². The minimum atomic E-state index is -0.517. The van der Waals surface area contributed by atoms with E-state index in [4.69, 9.17) is 21.6 Å². The Hall–Kier alpha value is -1.90. The van der Waals surface area contributed by atoms with Gasteiger partial charge in [-0.05, 0) is 19.1 Å². The number of aryl methyl sites for hydroxylation is 1. The largest absolute Gasteiger partial charge is 0.446 e. The number of benzene rings is 1. The van der Waals surface area contributed by atoms with E-state index in [1.54, 1.807) is 25.1 Å². The van der Waals surface area contributed by atoms with Crippen LogP contribution in [0, 0.1) is 18.3 Å². The van der Waals surface area contributed by atoms with E-state index in [9.17, 15) is 4.79 Å². The van der Waals surface area contributed by atoms with Crippen LogP contribution in [0.25, 0.3) is 10.6 Å². The van der Waals surface area contributed by atoms with Crippen molar-refractivity contribution in [1.29, 1.82) is 5.26 Å². The van der Waals surface area contributed by atoms with Gasteiger partial charge in [0.25, 0.3) is 0 Å². The highest BCUT2D eigenvalue weighted by molar-refractivity contribution is 7.17. The summed E-state index contributed by atoms with van der Waals surface area (Å²) in [5.41, 5.74) is 1.48. The Morgan fingerprint density at radius 3 is 2.79 bits per heavy atom. The van der Waals surface area contributed by atoms with Gasteiger partial charge in [-0.2, -0.15) is 5.26 Å². The molecule has 4 nitrogen and oxygen atoms in total. The molecule has 96 valence electrons.